The van der Waals surface area contributed by atoms with Gasteiger partial charge in [-0.25, -0.2) is 4.98 Å². The third-order valence-electron chi connectivity index (χ3n) is 3.63. The number of benzene rings is 1. The number of rotatable bonds is 6. The van der Waals surface area contributed by atoms with Crippen LogP contribution < -0.4 is 5.32 Å². The SMILES string of the molecule is Cc1cc(C[C@H](C)NC(=O)c2csc(Cc3ccccc3)n2)n[nH]1. The van der Waals surface area contributed by atoms with Crippen LogP contribution in [0.25, 0.3) is 0 Å². The lowest BCUT2D eigenvalue weighted by Gasteiger charge is -2.11. The van der Waals surface area contributed by atoms with E-state index in [-0.39, 0.29) is 11.9 Å². The van der Waals surface area contributed by atoms with Crippen molar-refractivity contribution < 1.29 is 4.79 Å². The molecule has 0 bridgehead atoms. The van der Waals surface area contributed by atoms with Gasteiger partial charge in [0.15, 0.2) is 0 Å². The van der Waals surface area contributed by atoms with E-state index in [2.05, 4.69) is 32.6 Å². The van der Waals surface area contributed by atoms with Gasteiger partial charge in [-0.1, -0.05) is 30.3 Å². The summed E-state index contributed by atoms with van der Waals surface area (Å²) in [6.07, 6.45) is 1.44. The number of amides is 1. The second-order valence-corrected chi connectivity index (χ2v) is 6.85. The lowest BCUT2D eigenvalue weighted by molar-refractivity contribution is 0.0935. The van der Waals surface area contributed by atoms with Crippen molar-refractivity contribution in [1.29, 1.82) is 0 Å². The molecule has 0 aliphatic rings. The quantitative estimate of drug-likeness (QED) is 0.724. The first kappa shape index (κ1) is 16.4. The maximum Gasteiger partial charge on any atom is 0.270 e. The van der Waals surface area contributed by atoms with Gasteiger partial charge in [0.1, 0.15) is 5.69 Å². The van der Waals surface area contributed by atoms with Crippen LogP contribution in [0, 0.1) is 6.92 Å². The Morgan fingerprint density at radius 2 is 2.12 bits per heavy atom. The molecule has 0 spiro atoms. The van der Waals surface area contributed by atoms with Crippen molar-refractivity contribution in [2.45, 2.75) is 32.7 Å². The summed E-state index contributed by atoms with van der Waals surface area (Å²) in [6.45, 7) is 3.93. The van der Waals surface area contributed by atoms with Gasteiger partial charge in [0.05, 0.1) is 10.7 Å². The molecule has 1 aromatic carbocycles. The molecule has 0 unspecified atom stereocenters. The molecule has 24 heavy (non-hydrogen) atoms. The van der Waals surface area contributed by atoms with Crippen LogP contribution in [-0.2, 0) is 12.8 Å². The van der Waals surface area contributed by atoms with Crippen molar-refractivity contribution in [3.8, 4) is 0 Å². The first-order valence-electron chi connectivity index (χ1n) is 7.90. The number of hydrogen-bond donors (Lipinski definition) is 2. The van der Waals surface area contributed by atoms with Gasteiger partial charge >= 0.3 is 0 Å². The lowest BCUT2D eigenvalue weighted by Crippen LogP contribution is -2.34. The Balaban J connectivity index is 1.57. The highest BCUT2D eigenvalue weighted by Crippen LogP contribution is 2.15. The van der Waals surface area contributed by atoms with E-state index < -0.39 is 0 Å². The average molecular weight is 340 g/mol. The van der Waals surface area contributed by atoms with Crippen molar-refractivity contribution in [3.63, 3.8) is 0 Å². The van der Waals surface area contributed by atoms with Crippen LogP contribution in [0.1, 0.15) is 39.4 Å². The molecule has 1 atom stereocenters. The van der Waals surface area contributed by atoms with Crippen molar-refractivity contribution in [2.24, 2.45) is 0 Å². The minimum absolute atomic E-state index is 0.000488. The van der Waals surface area contributed by atoms with E-state index in [1.54, 1.807) is 0 Å². The standard InChI is InChI=1S/C18H20N4OS/c1-12(8-15-9-13(2)21-22-15)19-18(23)16-11-24-17(20-16)10-14-6-4-3-5-7-14/h3-7,9,11-12H,8,10H2,1-2H3,(H,19,23)(H,21,22)/t12-/m0/s1. The van der Waals surface area contributed by atoms with Crippen molar-refractivity contribution in [3.05, 3.63) is 69.4 Å². The minimum atomic E-state index is -0.134. The molecule has 0 saturated heterocycles. The van der Waals surface area contributed by atoms with Crippen molar-refractivity contribution in [1.82, 2.24) is 20.5 Å². The number of hydrogen-bond acceptors (Lipinski definition) is 4. The molecule has 0 fully saturated rings. The summed E-state index contributed by atoms with van der Waals surface area (Å²) in [4.78, 5) is 16.8. The molecule has 0 aliphatic carbocycles. The first-order chi connectivity index (χ1) is 11.6. The summed E-state index contributed by atoms with van der Waals surface area (Å²) in [5.74, 6) is -0.134. The number of aromatic amines is 1. The van der Waals surface area contributed by atoms with Gasteiger partial charge in [-0.05, 0) is 25.5 Å². The molecular weight excluding hydrogens is 320 g/mol. The third kappa shape index (κ3) is 4.29. The number of nitrogens with one attached hydrogen (secondary N) is 2. The molecule has 5 nitrogen and oxygen atoms in total. The highest BCUT2D eigenvalue weighted by molar-refractivity contribution is 7.09. The van der Waals surface area contributed by atoms with Gasteiger partial charge in [0.2, 0.25) is 0 Å². The Hall–Kier alpha value is -2.47. The number of aromatic nitrogens is 3. The molecule has 1 amide bonds. The Labute approximate surface area is 145 Å². The fourth-order valence-electron chi connectivity index (χ4n) is 2.51. The van der Waals surface area contributed by atoms with E-state index in [0.29, 0.717) is 12.1 Å². The van der Waals surface area contributed by atoms with Crippen LogP contribution in [0.3, 0.4) is 0 Å². The summed E-state index contributed by atoms with van der Waals surface area (Å²) in [5, 5.41) is 12.9. The normalized spacial score (nSPS) is 12.1. The average Bonchev–Trinajstić information content (AvgIpc) is 3.17. The molecular formula is C18H20N4OS. The Morgan fingerprint density at radius 1 is 1.33 bits per heavy atom. The second kappa shape index (κ2) is 7.40. The Kier molecular flexibility index (Phi) is 5.05. The van der Waals surface area contributed by atoms with Crippen LogP contribution >= 0.6 is 11.3 Å². The first-order valence-corrected chi connectivity index (χ1v) is 8.78. The highest BCUT2D eigenvalue weighted by Gasteiger charge is 2.14. The van der Waals surface area contributed by atoms with Crippen LogP contribution in [0.4, 0.5) is 0 Å². The fraction of sp³-hybridized carbons (Fsp3) is 0.278. The topological polar surface area (TPSA) is 70.7 Å². The van der Waals surface area contributed by atoms with E-state index in [0.717, 1.165) is 22.8 Å². The molecule has 2 aromatic heterocycles. The third-order valence-corrected chi connectivity index (χ3v) is 4.48. The molecule has 0 saturated carbocycles. The van der Waals surface area contributed by atoms with Crippen molar-refractivity contribution >= 4 is 17.2 Å². The smallest absolute Gasteiger partial charge is 0.270 e. The zero-order chi connectivity index (χ0) is 16.9. The molecule has 0 radical (unpaired) electrons. The molecule has 3 rings (SSSR count). The molecule has 0 aliphatic heterocycles. The summed E-state index contributed by atoms with van der Waals surface area (Å²) < 4.78 is 0. The van der Waals surface area contributed by atoms with Crippen LogP contribution in [0.15, 0.2) is 41.8 Å². The molecule has 2 N–H and O–H groups in total. The number of carbonyl (C=O) groups excluding carboxylic acids is 1. The number of nitrogens with zero attached hydrogens (tertiary/aromatic N) is 2. The van der Waals surface area contributed by atoms with E-state index in [9.17, 15) is 4.79 Å². The lowest BCUT2D eigenvalue weighted by atomic mass is 10.1. The van der Waals surface area contributed by atoms with Crippen LogP contribution in [0.2, 0.25) is 0 Å². The van der Waals surface area contributed by atoms with Crippen molar-refractivity contribution in [2.75, 3.05) is 0 Å². The van der Waals surface area contributed by atoms with Crippen LogP contribution in [-0.4, -0.2) is 27.1 Å². The number of carbonyl (C=O) groups is 1. The predicted octanol–water partition coefficient (Wildman–Crippen LogP) is 3.13. The fourth-order valence-corrected chi connectivity index (χ4v) is 3.32. The van der Waals surface area contributed by atoms with Gasteiger partial charge in [-0.3, -0.25) is 9.89 Å². The zero-order valence-electron chi connectivity index (χ0n) is 13.7. The largest absolute Gasteiger partial charge is 0.348 e. The van der Waals surface area contributed by atoms with Crippen LogP contribution in [0.5, 0.6) is 0 Å². The highest BCUT2D eigenvalue weighted by atomic mass is 32.1. The molecule has 6 heteroatoms. The monoisotopic (exact) mass is 340 g/mol. The summed E-state index contributed by atoms with van der Waals surface area (Å²) in [5.41, 5.74) is 3.65. The van der Waals surface area contributed by atoms with Gasteiger partial charge in [0, 0.05) is 30.0 Å². The maximum atomic E-state index is 12.3. The van der Waals surface area contributed by atoms with Gasteiger partial charge in [0.25, 0.3) is 5.91 Å². The van der Waals surface area contributed by atoms with E-state index in [4.69, 9.17) is 0 Å². The molecule has 124 valence electrons. The van der Waals surface area contributed by atoms with Gasteiger partial charge in [-0.2, -0.15) is 5.10 Å². The predicted molar refractivity (Wildman–Crippen MR) is 95.3 cm³/mol. The van der Waals surface area contributed by atoms with E-state index in [1.165, 1.54) is 16.9 Å². The van der Waals surface area contributed by atoms with E-state index in [1.807, 2.05) is 43.5 Å². The van der Waals surface area contributed by atoms with E-state index >= 15 is 0 Å². The second-order valence-electron chi connectivity index (χ2n) is 5.91. The molecule has 3 aromatic rings. The summed E-state index contributed by atoms with van der Waals surface area (Å²) >= 11 is 1.52. The summed E-state index contributed by atoms with van der Waals surface area (Å²) in [6, 6.07) is 12.1. The zero-order valence-corrected chi connectivity index (χ0v) is 14.6. The Morgan fingerprint density at radius 3 is 2.83 bits per heavy atom. The Bertz CT molecular complexity index is 809. The number of H-pyrrole nitrogens is 1. The number of aryl methyl sites for hydroxylation is 1. The minimum Gasteiger partial charge on any atom is -0.348 e. The van der Waals surface area contributed by atoms with Gasteiger partial charge < -0.3 is 5.32 Å². The number of thiazole rings is 1. The molecule has 2 heterocycles. The maximum absolute atomic E-state index is 12.3. The summed E-state index contributed by atoms with van der Waals surface area (Å²) in [7, 11) is 0. The van der Waals surface area contributed by atoms with Gasteiger partial charge in [-0.15, -0.1) is 11.3 Å².